The Bertz CT molecular complexity index is 397. The molecule has 1 aromatic carbocycles. The van der Waals surface area contributed by atoms with Crippen LogP contribution in [0.15, 0.2) is 18.2 Å². The van der Waals surface area contributed by atoms with Crippen LogP contribution in [-0.4, -0.2) is 32.4 Å². The average molecular weight is 256 g/mol. The van der Waals surface area contributed by atoms with E-state index in [0.29, 0.717) is 19.8 Å². The molecule has 0 saturated heterocycles. The molecule has 0 aliphatic carbocycles. The normalized spacial score (nSPS) is 10.3. The summed E-state index contributed by atoms with van der Waals surface area (Å²) in [5.41, 5.74) is 3.37. The van der Waals surface area contributed by atoms with E-state index in [1.54, 1.807) is 19.2 Å². The smallest absolute Gasteiger partial charge is 0.311 e. The molecule has 7 heteroatoms. The van der Waals surface area contributed by atoms with Crippen LogP contribution in [0.25, 0.3) is 0 Å². The molecule has 0 heterocycles. The van der Waals surface area contributed by atoms with Gasteiger partial charge in [0.15, 0.2) is 5.75 Å². The molecule has 1 rings (SSSR count). The van der Waals surface area contributed by atoms with Gasteiger partial charge < -0.3 is 9.47 Å². The second kappa shape index (κ2) is 7.59. The van der Waals surface area contributed by atoms with Crippen LogP contribution in [0.4, 0.5) is 5.69 Å². The van der Waals surface area contributed by atoms with E-state index in [4.69, 9.17) is 14.3 Å². The Balaban J connectivity index is 2.56. The van der Waals surface area contributed by atoms with E-state index in [1.807, 2.05) is 0 Å². The van der Waals surface area contributed by atoms with Crippen LogP contribution in [0.1, 0.15) is 5.56 Å². The minimum atomic E-state index is -0.478. The monoisotopic (exact) mass is 256 g/mol. The number of hydrogen-bond acceptors (Lipinski definition) is 6. The topological polar surface area (TPSA) is 82.9 Å². The number of nitrogens with zero attached hydrogens (tertiary/aromatic N) is 1. The Morgan fingerprint density at radius 2 is 2.11 bits per heavy atom. The first kappa shape index (κ1) is 14.4. The summed E-state index contributed by atoms with van der Waals surface area (Å²) in [7, 11) is 2.98. The molecule has 7 nitrogen and oxygen atoms in total. The fourth-order valence-electron chi connectivity index (χ4n) is 1.32. The highest BCUT2D eigenvalue weighted by atomic mass is 16.7. The summed E-state index contributed by atoms with van der Waals surface area (Å²) in [6, 6.07) is 4.74. The van der Waals surface area contributed by atoms with E-state index in [2.05, 4.69) is 5.48 Å². The van der Waals surface area contributed by atoms with Gasteiger partial charge >= 0.3 is 5.69 Å². The van der Waals surface area contributed by atoms with Crippen molar-refractivity contribution in [1.82, 2.24) is 5.48 Å². The SMILES string of the molecule is COCCONCc1ccc(OC)c([N+](=O)[O-])c1. The van der Waals surface area contributed by atoms with Crippen LogP contribution < -0.4 is 10.2 Å². The zero-order chi connectivity index (χ0) is 13.4. The fraction of sp³-hybridized carbons (Fsp3) is 0.455. The van der Waals surface area contributed by atoms with Crippen molar-refractivity contribution in [2.45, 2.75) is 6.54 Å². The summed E-state index contributed by atoms with van der Waals surface area (Å²) in [6.07, 6.45) is 0. The Labute approximate surface area is 105 Å². The number of ether oxygens (including phenoxy) is 2. The van der Waals surface area contributed by atoms with Gasteiger partial charge in [-0.3, -0.25) is 15.0 Å². The lowest BCUT2D eigenvalue weighted by molar-refractivity contribution is -0.385. The van der Waals surface area contributed by atoms with Gasteiger partial charge in [-0.1, -0.05) is 6.07 Å². The molecule has 0 aliphatic heterocycles. The molecule has 0 fully saturated rings. The molecule has 0 atom stereocenters. The lowest BCUT2D eigenvalue weighted by atomic mass is 10.2. The number of nitro benzene ring substituents is 1. The lowest BCUT2D eigenvalue weighted by Crippen LogP contribution is -2.17. The van der Waals surface area contributed by atoms with Crippen LogP contribution in [0.3, 0.4) is 0 Å². The van der Waals surface area contributed by atoms with Crippen molar-refractivity contribution in [2.75, 3.05) is 27.4 Å². The zero-order valence-electron chi connectivity index (χ0n) is 10.3. The maximum absolute atomic E-state index is 10.8. The summed E-state index contributed by atoms with van der Waals surface area (Å²) in [5, 5.41) is 10.8. The molecular formula is C11H16N2O5. The van der Waals surface area contributed by atoms with Crippen molar-refractivity contribution >= 4 is 5.69 Å². The third-order valence-electron chi connectivity index (χ3n) is 2.21. The van der Waals surface area contributed by atoms with Crippen molar-refractivity contribution < 1.29 is 19.2 Å². The number of nitro groups is 1. The van der Waals surface area contributed by atoms with Crippen molar-refractivity contribution in [1.29, 1.82) is 0 Å². The summed E-state index contributed by atoms with van der Waals surface area (Å²) in [4.78, 5) is 15.4. The molecule has 1 aromatic rings. The van der Waals surface area contributed by atoms with Gasteiger partial charge in [-0.05, 0) is 11.6 Å². The van der Waals surface area contributed by atoms with E-state index >= 15 is 0 Å². The first-order valence-corrected chi connectivity index (χ1v) is 5.34. The van der Waals surface area contributed by atoms with Gasteiger partial charge in [-0.2, -0.15) is 5.48 Å². The Morgan fingerprint density at radius 1 is 1.33 bits per heavy atom. The van der Waals surface area contributed by atoms with Crippen LogP contribution in [0.5, 0.6) is 5.75 Å². The van der Waals surface area contributed by atoms with E-state index in [9.17, 15) is 10.1 Å². The van der Waals surface area contributed by atoms with Gasteiger partial charge in [0.1, 0.15) is 0 Å². The van der Waals surface area contributed by atoms with Crippen molar-refractivity contribution in [3.63, 3.8) is 0 Å². The summed E-state index contributed by atoms with van der Waals surface area (Å²) >= 11 is 0. The maximum Gasteiger partial charge on any atom is 0.311 e. The molecule has 0 aromatic heterocycles. The van der Waals surface area contributed by atoms with Gasteiger partial charge in [0.2, 0.25) is 0 Å². The average Bonchev–Trinajstić information content (AvgIpc) is 2.38. The third-order valence-corrected chi connectivity index (χ3v) is 2.21. The predicted molar refractivity (Wildman–Crippen MR) is 64.3 cm³/mol. The second-order valence-electron chi connectivity index (χ2n) is 3.43. The molecule has 0 unspecified atom stereocenters. The van der Waals surface area contributed by atoms with Gasteiger partial charge in [-0.25, -0.2) is 0 Å². The van der Waals surface area contributed by atoms with Gasteiger partial charge in [0.05, 0.1) is 25.2 Å². The minimum absolute atomic E-state index is 0.0614. The molecule has 100 valence electrons. The largest absolute Gasteiger partial charge is 0.490 e. The highest BCUT2D eigenvalue weighted by Gasteiger charge is 2.14. The van der Waals surface area contributed by atoms with Crippen molar-refractivity contribution in [3.8, 4) is 5.75 Å². The summed E-state index contributed by atoms with van der Waals surface area (Å²) < 4.78 is 9.71. The second-order valence-corrected chi connectivity index (χ2v) is 3.43. The molecule has 0 radical (unpaired) electrons. The predicted octanol–water partition coefficient (Wildman–Crippen LogP) is 1.27. The highest BCUT2D eigenvalue weighted by Crippen LogP contribution is 2.27. The summed E-state index contributed by atoms with van der Waals surface area (Å²) in [6.45, 7) is 1.26. The standard InChI is InChI=1S/C11H16N2O5/c1-16-5-6-18-12-8-9-3-4-11(17-2)10(7-9)13(14)15/h3-4,7,12H,5-6,8H2,1-2H3. The number of hydroxylamine groups is 1. The number of methoxy groups -OCH3 is 2. The molecule has 0 bridgehead atoms. The van der Waals surface area contributed by atoms with Crippen LogP contribution in [0.2, 0.25) is 0 Å². The Hall–Kier alpha value is -1.70. The zero-order valence-corrected chi connectivity index (χ0v) is 10.3. The lowest BCUT2D eigenvalue weighted by Gasteiger charge is -2.07. The fourth-order valence-corrected chi connectivity index (χ4v) is 1.32. The van der Waals surface area contributed by atoms with Gasteiger partial charge in [0.25, 0.3) is 0 Å². The Morgan fingerprint density at radius 3 is 2.72 bits per heavy atom. The molecule has 0 saturated carbocycles. The summed E-state index contributed by atoms with van der Waals surface area (Å²) in [5.74, 6) is 0.240. The van der Waals surface area contributed by atoms with E-state index in [1.165, 1.54) is 13.2 Å². The Kier molecular flexibility index (Phi) is 6.06. The van der Waals surface area contributed by atoms with Crippen LogP contribution in [0, 0.1) is 10.1 Å². The highest BCUT2D eigenvalue weighted by molar-refractivity contribution is 5.48. The number of nitrogens with one attached hydrogen (secondary N) is 1. The van der Waals surface area contributed by atoms with Crippen LogP contribution in [-0.2, 0) is 16.1 Å². The molecular weight excluding hydrogens is 240 g/mol. The van der Waals surface area contributed by atoms with E-state index < -0.39 is 4.92 Å². The van der Waals surface area contributed by atoms with Crippen molar-refractivity contribution in [3.05, 3.63) is 33.9 Å². The third kappa shape index (κ3) is 4.28. The van der Waals surface area contributed by atoms with Gasteiger partial charge in [0, 0.05) is 19.7 Å². The first-order valence-electron chi connectivity index (χ1n) is 5.34. The van der Waals surface area contributed by atoms with Gasteiger partial charge in [-0.15, -0.1) is 0 Å². The number of benzene rings is 1. The first-order chi connectivity index (χ1) is 8.69. The van der Waals surface area contributed by atoms with Crippen LogP contribution >= 0.6 is 0 Å². The maximum atomic E-state index is 10.8. The molecule has 18 heavy (non-hydrogen) atoms. The van der Waals surface area contributed by atoms with E-state index in [-0.39, 0.29) is 11.4 Å². The number of hydrogen-bond donors (Lipinski definition) is 1. The number of rotatable bonds is 8. The van der Waals surface area contributed by atoms with Crippen molar-refractivity contribution in [2.24, 2.45) is 0 Å². The minimum Gasteiger partial charge on any atom is -0.490 e. The molecule has 0 aliphatic rings. The quantitative estimate of drug-likeness (QED) is 0.428. The van der Waals surface area contributed by atoms with E-state index in [0.717, 1.165) is 5.56 Å². The molecule has 1 N–H and O–H groups in total. The molecule has 0 amide bonds. The molecule has 0 spiro atoms.